The van der Waals surface area contributed by atoms with E-state index in [1.807, 2.05) is 0 Å². The Morgan fingerprint density at radius 2 is 1.70 bits per heavy atom. The van der Waals surface area contributed by atoms with E-state index >= 15 is 0 Å². The first kappa shape index (κ1) is 26.7. The monoisotopic (exact) mass is 492 g/mol. The van der Waals surface area contributed by atoms with Gasteiger partial charge in [0.2, 0.25) is 5.91 Å². The number of carbonyl (C=O) groups is 2. The lowest BCUT2D eigenvalue weighted by Gasteiger charge is -2.10. The Bertz CT molecular complexity index is 963. The summed E-state index contributed by atoms with van der Waals surface area (Å²) in [6, 6.07) is 9.46. The molecule has 1 N–H and O–H groups in total. The summed E-state index contributed by atoms with van der Waals surface area (Å²) in [7, 11) is 1.47. The number of nitrogens with one attached hydrogen (secondary N) is 1. The molecule has 33 heavy (non-hydrogen) atoms. The van der Waals surface area contributed by atoms with Gasteiger partial charge in [0.05, 0.1) is 23.9 Å². The van der Waals surface area contributed by atoms with Gasteiger partial charge in [-0.15, -0.1) is 0 Å². The van der Waals surface area contributed by atoms with E-state index in [4.69, 9.17) is 32.7 Å². The van der Waals surface area contributed by atoms with E-state index in [2.05, 4.69) is 17.5 Å². The van der Waals surface area contributed by atoms with Crippen LogP contribution in [0.15, 0.2) is 41.5 Å². The number of ether oxygens (including phenoxy) is 2. The Morgan fingerprint density at radius 3 is 2.39 bits per heavy atom. The van der Waals surface area contributed by atoms with Crippen molar-refractivity contribution in [2.24, 2.45) is 5.10 Å². The number of rotatable bonds is 13. The van der Waals surface area contributed by atoms with Crippen molar-refractivity contribution in [2.75, 3.05) is 7.11 Å². The number of amides is 1. The fraction of sp³-hybridized carbons (Fsp3) is 0.400. The minimum atomic E-state index is -0.631. The number of unbranched alkanes of at least 4 members (excludes halogenated alkanes) is 6. The summed E-state index contributed by atoms with van der Waals surface area (Å²) in [5.41, 5.74) is 3.40. The number of hydrogen-bond acceptors (Lipinski definition) is 5. The molecule has 0 saturated heterocycles. The summed E-state index contributed by atoms with van der Waals surface area (Å²) in [6.45, 7) is 2.20. The number of halogens is 2. The van der Waals surface area contributed by atoms with Crippen LogP contribution in [0.3, 0.4) is 0 Å². The predicted octanol–water partition coefficient (Wildman–Crippen LogP) is 6.81. The molecule has 0 saturated carbocycles. The van der Waals surface area contributed by atoms with Crippen LogP contribution < -0.4 is 14.9 Å². The van der Waals surface area contributed by atoms with Crippen molar-refractivity contribution in [3.63, 3.8) is 0 Å². The first-order valence-corrected chi connectivity index (χ1v) is 11.9. The van der Waals surface area contributed by atoms with E-state index in [0.29, 0.717) is 22.8 Å². The van der Waals surface area contributed by atoms with Gasteiger partial charge in [-0.3, -0.25) is 4.79 Å². The maximum Gasteiger partial charge on any atom is 0.345 e. The number of hydrogen-bond donors (Lipinski definition) is 1. The molecule has 178 valence electrons. The Labute approximate surface area is 205 Å². The summed E-state index contributed by atoms with van der Waals surface area (Å²) in [4.78, 5) is 24.4. The Balaban J connectivity index is 1.85. The summed E-state index contributed by atoms with van der Waals surface area (Å²) in [6.07, 6.45) is 10.1. The molecule has 1 amide bonds. The highest BCUT2D eigenvalue weighted by Crippen LogP contribution is 2.30. The fourth-order valence-electron chi connectivity index (χ4n) is 3.14. The van der Waals surface area contributed by atoms with Crippen molar-refractivity contribution in [3.8, 4) is 11.5 Å². The molecular weight excluding hydrogens is 463 g/mol. The number of methoxy groups -OCH3 is 1. The number of nitrogens with zero attached hydrogens (tertiary/aromatic N) is 1. The van der Waals surface area contributed by atoms with Gasteiger partial charge < -0.3 is 9.47 Å². The second-order valence-corrected chi connectivity index (χ2v) is 8.43. The normalized spacial score (nSPS) is 10.9. The van der Waals surface area contributed by atoms with Gasteiger partial charge in [0, 0.05) is 11.4 Å². The van der Waals surface area contributed by atoms with Crippen LogP contribution in [0.5, 0.6) is 11.5 Å². The molecule has 0 aliphatic rings. The third-order valence-corrected chi connectivity index (χ3v) is 5.50. The third-order valence-electron chi connectivity index (χ3n) is 4.95. The van der Waals surface area contributed by atoms with E-state index in [1.54, 1.807) is 24.3 Å². The van der Waals surface area contributed by atoms with Gasteiger partial charge in [0.15, 0.2) is 11.5 Å². The molecule has 0 atom stereocenters. The van der Waals surface area contributed by atoms with Crippen LogP contribution in [-0.2, 0) is 4.79 Å². The summed E-state index contributed by atoms with van der Waals surface area (Å²) >= 11 is 11.9. The van der Waals surface area contributed by atoms with Crippen molar-refractivity contribution in [3.05, 3.63) is 57.6 Å². The highest BCUT2D eigenvalue weighted by Gasteiger charge is 2.16. The van der Waals surface area contributed by atoms with Crippen molar-refractivity contribution in [1.82, 2.24) is 5.43 Å². The van der Waals surface area contributed by atoms with Crippen LogP contribution in [0.2, 0.25) is 10.0 Å². The molecule has 0 spiro atoms. The molecule has 8 heteroatoms. The molecule has 2 aromatic carbocycles. The summed E-state index contributed by atoms with van der Waals surface area (Å²) in [5, 5.41) is 4.62. The van der Waals surface area contributed by atoms with Gasteiger partial charge in [-0.1, -0.05) is 68.7 Å². The second-order valence-electron chi connectivity index (χ2n) is 7.59. The van der Waals surface area contributed by atoms with Crippen LogP contribution in [0, 0.1) is 0 Å². The molecule has 0 aliphatic heterocycles. The van der Waals surface area contributed by atoms with Gasteiger partial charge >= 0.3 is 5.97 Å². The molecule has 0 aliphatic carbocycles. The molecule has 0 aromatic heterocycles. The highest BCUT2D eigenvalue weighted by molar-refractivity contribution is 6.36. The van der Waals surface area contributed by atoms with E-state index in [9.17, 15) is 9.59 Å². The second kappa shape index (κ2) is 14.6. The van der Waals surface area contributed by atoms with Gasteiger partial charge in [-0.05, 0) is 48.4 Å². The molecule has 2 aromatic rings. The van der Waals surface area contributed by atoms with E-state index in [0.717, 1.165) is 19.3 Å². The molecule has 0 radical (unpaired) electrons. The van der Waals surface area contributed by atoms with E-state index < -0.39 is 5.97 Å². The molecule has 2 rings (SSSR count). The third kappa shape index (κ3) is 9.44. The zero-order valence-electron chi connectivity index (χ0n) is 19.0. The first-order valence-electron chi connectivity index (χ1n) is 11.1. The first-order chi connectivity index (χ1) is 15.9. The van der Waals surface area contributed by atoms with Crippen molar-refractivity contribution >= 4 is 41.3 Å². The standard InChI is InChI=1S/C25H30Cl2N2O4/c1-3-4-5-6-7-8-9-10-24(30)29-28-17-18-11-14-22(23(15-18)32-2)33-25(31)20-13-12-19(26)16-21(20)27/h11-17H,3-10H2,1-2H3,(H,29,30)/b28-17+. The number of hydrazone groups is 1. The van der Waals surface area contributed by atoms with E-state index in [-0.39, 0.29) is 22.2 Å². The topological polar surface area (TPSA) is 77.0 Å². The zero-order chi connectivity index (χ0) is 24.1. The lowest BCUT2D eigenvalue weighted by molar-refractivity contribution is -0.121. The smallest absolute Gasteiger partial charge is 0.345 e. The number of carbonyl (C=O) groups excluding carboxylic acids is 2. The fourth-order valence-corrected chi connectivity index (χ4v) is 3.62. The SMILES string of the molecule is CCCCCCCCCC(=O)N/N=C/c1ccc(OC(=O)c2ccc(Cl)cc2Cl)c(OC)c1. The van der Waals surface area contributed by atoms with Crippen LogP contribution >= 0.6 is 23.2 Å². The summed E-state index contributed by atoms with van der Waals surface area (Å²) < 4.78 is 10.7. The average Bonchev–Trinajstić information content (AvgIpc) is 2.79. The number of benzene rings is 2. The Kier molecular flexibility index (Phi) is 11.8. The largest absolute Gasteiger partial charge is 0.493 e. The molecule has 0 bridgehead atoms. The Morgan fingerprint density at radius 1 is 0.970 bits per heavy atom. The quantitative estimate of drug-likeness (QED) is 0.109. The Hall–Kier alpha value is -2.57. The molecule has 6 nitrogen and oxygen atoms in total. The van der Waals surface area contributed by atoms with Gasteiger partial charge in [0.1, 0.15) is 0 Å². The minimum absolute atomic E-state index is 0.114. The predicted molar refractivity (Wildman–Crippen MR) is 133 cm³/mol. The molecular formula is C25H30Cl2N2O4. The minimum Gasteiger partial charge on any atom is -0.493 e. The van der Waals surface area contributed by atoms with Crippen LogP contribution in [0.4, 0.5) is 0 Å². The van der Waals surface area contributed by atoms with Crippen LogP contribution in [-0.4, -0.2) is 25.2 Å². The van der Waals surface area contributed by atoms with Crippen LogP contribution in [0.25, 0.3) is 0 Å². The summed E-state index contributed by atoms with van der Waals surface area (Å²) in [5.74, 6) is -0.174. The number of esters is 1. The van der Waals surface area contributed by atoms with E-state index in [1.165, 1.54) is 51.1 Å². The van der Waals surface area contributed by atoms with Crippen LogP contribution in [0.1, 0.15) is 74.2 Å². The van der Waals surface area contributed by atoms with Gasteiger partial charge in [0.25, 0.3) is 0 Å². The maximum atomic E-state index is 12.4. The van der Waals surface area contributed by atoms with Crippen molar-refractivity contribution < 1.29 is 19.1 Å². The molecule has 0 unspecified atom stereocenters. The van der Waals surface area contributed by atoms with Gasteiger partial charge in [-0.25, -0.2) is 10.2 Å². The zero-order valence-corrected chi connectivity index (χ0v) is 20.5. The van der Waals surface area contributed by atoms with Crippen molar-refractivity contribution in [2.45, 2.75) is 58.3 Å². The highest BCUT2D eigenvalue weighted by atomic mass is 35.5. The van der Waals surface area contributed by atoms with Crippen molar-refractivity contribution in [1.29, 1.82) is 0 Å². The molecule has 0 heterocycles. The average molecular weight is 493 g/mol. The maximum absolute atomic E-state index is 12.4. The lowest BCUT2D eigenvalue weighted by atomic mass is 10.1. The van der Waals surface area contributed by atoms with Gasteiger partial charge in [-0.2, -0.15) is 5.10 Å². The lowest BCUT2D eigenvalue weighted by Crippen LogP contribution is -2.16. The molecule has 0 fully saturated rings.